The maximum Gasteiger partial charge on any atom is 0.273 e. The molecule has 0 aliphatic carbocycles. The number of thioether (sulfide) groups is 1. The Morgan fingerprint density at radius 2 is 2.14 bits per heavy atom. The molecule has 3 rings (SSSR count). The molecule has 0 radical (unpaired) electrons. The first-order valence-corrected chi connectivity index (χ1v) is 11.1. The molecule has 122 valence electrons. The monoisotopic (exact) mass is 361 g/mol. The first-order chi connectivity index (χ1) is 10.4. The summed E-state index contributed by atoms with van der Waals surface area (Å²) in [6.45, 7) is 4.13. The SMILES string of the molecule is CCN1CCN(C(=O)c2csc(SC)n2)[C@H]2CS(=O)(=O)C[C@H]21. The van der Waals surface area contributed by atoms with E-state index in [9.17, 15) is 13.2 Å². The highest BCUT2D eigenvalue weighted by Crippen LogP contribution is 2.29. The number of sulfone groups is 1. The van der Waals surface area contributed by atoms with Crippen LogP contribution in [0.3, 0.4) is 0 Å². The fourth-order valence-electron chi connectivity index (χ4n) is 3.27. The summed E-state index contributed by atoms with van der Waals surface area (Å²) in [5, 5.41) is 1.76. The smallest absolute Gasteiger partial charge is 0.273 e. The molecule has 2 aliphatic heterocycles. The molecule has 0 N–H and O–H groups in total. The Hall–Kier alpha value is -0.640. The Bertz CT molecular complexity index is 673. The maximum absolute atomic E-state index is 12.7. The van der Waals surface area contributed by atoms with Gasteiger partial charge in [-0.15, -0.1) is 11.3 Å². The van der Waals surface area contributed by atoms with Crippen LogP contribution >= 0.6 is 23.1 Å². The van der Waals surface area contributed by atoms with Crippen LogP contribution in [0, 0.1) is 0 Å². The number of hydrogen-bond donors (Lipinski definition) is 0. The van der Waals surface area contributed by atoms with Crippen LogP contribution < -0.4 is 0 Å². The van der Waals surface area contributed by atoms with E-state index in [1.54, 1.807) is 10.3 Å². The number of amides is 1. The van der Waals surface area contributed by atoms with Crippen LogP contribution in [0.25, 0.3) is 0 Å². The zero-order chi connectivity index (χ0) is 15.9. The standard InChI is InChI=1S/C13H19N3O3S3/c1-3-15-4-5-16(11-8-22(18,19)7-10(11)15)12(17)9-6-21-13(14-9)20-2/h6,10-11H,3-5,7-8H2,1-2H3/t10-,11+/m1/s1. The number of thiazole rings is 1. The van der Waals surface area contributed by atoms with E-state index in [0.717, 1.165) is 17.4 Å². The van der Waals surface area contributed by atoms with Crippen LogP contribution in [-0.2, 0) is 9.84 Å². The third-order valence-corrected chi connectivity index (χ3v) is 7.90. The van der Waals surface area contributed by atoms with Crippen molar-refractivity contribution in [3.8, 4) is 0 Å². The van der Waals surface area contributed by atoms with E-state index in [1.807, 2.05) is 13.2 Å². The summed E-state index contributed by atoms with van der Waals surface area (Å²) < 4.78 is 24.9. The van der Waals surface area contributed by atoms with Crippen molar-refractivity contribution in [2.24, 2.45) is 0 Å². The van der Waals surface area contributed by atoms with E-state index < -0.39 is 9.84 Å². The Balaban J connectivity index is 1.86. The number of hydrogen-bond acceptors (Lipinski definition) is 7. The van der Waals surface area contributed by atoms with Crippen molar-refractivity contribution in [3.05, 3.63) is 11.1 Å². The van der Waals surface area contributed by atoms with E-state index in [2.05, 4.69) is 9.88 Å². The summed E-state index contributed by atoms with van der Waals surface area (Å²) in [5.74, 6) is 0.0846. The average Bonchev–Trinajstić information content (AvgIpc) is 3.08. The molecule has 0 bridgehead atoms. The van der Waals surface area contributed by atoms with Gasteiger partial charge in [0.2, 0.25) is 0 Å². The third-order valence-electron chi connectivity index (χ3n) is 4.33. The molecular weight excluding hydrogens is 342 g/mol. The Labute approximate surface area is 138 Å². The van der Waals surface area contributed by atoms with E-state index in [-0.39, 0.29) is 29.5 Å². The van der Waals surface area contributed by atoms with Gasteiger partial charge in [-0.05, 0) is 12.8 Å². The van der Waals surface area contributed by atoms with Gasteiger partial charge in [0.15, 0.2) is 9.84 Å². The fourth-order valence-corrected chi connectivity index (χ4v) is 6.51. The van der Waals surface area contributed by atoms with Crippen LogP contribution in [0.2, 0.25) is 0 Å². The van der Waals surface area contributed by atoms with E-state index >= 15 is 0 Å². The highest BCUT2D eigenvalue weighted by Gasteiger charge is 2.47. The van der Waals surface area contributed by atoms with Gasteiger partial charge in [0, 0.05) is 24.5 Å². The molecule has 1 aromatic heterocycles. The Morgan fingerprint density at radius 3 is 2.77 bits per heavy atom. The number of carbonyl (C=O) groups excluding carboxylic acids is 1. The second-order valence-corrected chi connectivity index (χ2v) is 9.61. The summed E-state index contributed by atoms with van der Waals surface area (Å²) >= 11 is 2.96. The number of rotatable bonds is 3. The van der Waals surface area contributed by atoms with Gasteiger partial charge in [0.05, 0.1) is 17.5 Å². The first kappa shape index (κ1) is 16.2. The van der Waals surface area contributed by atoms with Crippen molar-refractivity contribution < 1.29 is 13.2 Å². The molecule has 0 unspecified atom stereocenters. The van der Waals surface area contributed by atoms with Gasteiger partial charge >= 0.3 is 0 Å². The van der Waals surface area contributed by atoms with Gasteiger partial charge in [0.25, 0.3) is 5.91 Å². The van der Waals surface area contributed by atoms with Crippen molar-refractivity contribution in [1.82, 2.24) is 14.8 Å². The average molecular weight is 362 g/mol. The molecule has 2 fully saturated rings. The second kappa shape index (κ2) is 6.10. The van der Waals surface area contributed by atoms with Gasteiger partial charge in [-0.3, -0.25) is 9.69 Å². The van der Waals surface area contributed by atoms with Gasteiger partial charge < -0.3 is 4.90 Å². The van der Waals surface area contributed by atoms with Gasteiger partial charge in [-0.1, -0.05) is 18.7 Å². The Kier molecular flexibility index (Phi) is 4.50. The van der Waals surface area contributed by atoms with Crippen LogP contribution in [0.15, 0.2) is 9.72 Å². The molecule has 9 heteroatoms. The summed E-state index contributed by atoms with van der Waals surface area (Å²) in [7, 11) is -3.08. The molecule has 0 saturated carbocycles. The lowest BCUT2D eigenvalue weighted by Gasteiger charge is -2.43. The lowest BCUT2D eigenvalue weighted by atomic mass is 10.0. The molecule has 2 saturated heterocycles. The zero-order valence-corrected chi connectivity index (χ0v) is 15.0. The lowest BCUT2D eigenvalue weighted by molar-refractivity contribution is 0.0345. The molecule has 1 amide bonds. The zero-order valence-electron chi connectivity index (χ0n) is 12.6. The number of nitrogens with zero attached hydrogens (tertiary/aromatic N) is 3. The van der Waals surface area contributed by atoms with Crippen LogP contribution in [-0.4, -0.2) is 78.6 Å². The summed E-state index contributed by atoms with van der Waals surface area (Å²) in [6.07, 6.45) is 1.92. The quantitative estimate of drug-likeness (QED) is 0.742. The number of likely N-dealkylation sites (N-methyl/N-ethyl adjacent to an activating group) is 1. The molecule has 2 aliphatic rings. The molecule has 22 heavy (non-hydrogen) atoms. The fraction of sp³-hybridized carbons (Fsp3) is 0.692. The maximum atomic E-state index is 12.7. The van der Waals surface area contributed by atoms with E-state index in [4.69, 9.17) is 0 Å². The minimum Gasteiger partial charge on any atom is -0.330 e. The van der Waals surface area contributed by atoms with Crippen molar-refractivity contribution in [2.45, 2.75) is 23.3 Å². The number of carbonyl (C=O) groups is 1. The second-order valence-electron chi connectivity index (χ2n) is 5.54. The van der Waals surface area contributed by atoms with Gasteiger partial charge in [0.1, 0.15) is 10.0 Å². The van der Waals surface area contributed by atoms with Crippen molar-refractivity contribution >= 4 is 38.8 Å². The third kappa shape index (κ3) is 2.91. The van der Waals surface area contributed by atoms with E-state index in [1.165, 1.54) is 23.1 Å². The highest BCUT2D eigenvalue weighted by molar-refractivity contribution is 8.00. The molecule has 2 atom stereocenters. The van der Waals surface area contributed by atoms with Crippen molar-refractivity contribution in [2.75, 3.05) is 37.4 Å². The van der Waals surface area contributed by atoms with E-state index in [0.29, 0.717) is 12.2 Å². The normalized spacial score (nSPS) is 27.8. The summed E-state index contributed by atoms with van der Waals surface area (Å²) in [4.78, 5) is 20.9. The minimum absolute atomic E-state index is 0.0689. The van der Waals surface area contributed by atoms with Gasteiger partial charge in [-0.2, -0.15) is 0 Å². The first-order valence-electron chi connectivity index (χ1n) is 7.20. The molecule has 0 aromatic carbocycles. The van der Waals surface area contributed by atoms with Gasteiger partial charge in [-0.25, -0.2) is 13.4 Å². The number of piperazine rings is 1. The number of aromatic nitrogens is 1. The predicted molar refractivity (Wildman–Crippen MR) is 88.4 cm³/mol. The highest BCUT2D eigenvalue weighted by atomic mass is 32.2. The molecular formula is C13H19N3O3S3. The summed E-state index contributed by atoms with van der Waals surface area (Å²) in [6, 6.07) is -0.322. The molecule has 1 aromatic rings. The number of fused-ring (bicyclic) bond motifs is 1. The van der Waals surface area contributed by atoms with Crippen LogP contribution in [0.4, 0.5) is 0 Å². The van der Waals surface area contributed by atoms with Crippen LogP contribution in [0.1, 0.15) is 17.4 Å². The Morgan fingerprint density at radius 1 is 1.41 bits per heavy atom. The molecule has 0 spiro atoms. The van der Waals surface area contributed by atoms with Crippen molar-refractivity contribution in [3.63, 3.8) is 0 Å². The largest absolute Gasteiger partial charge is 0.330 e. The topological polar surface area (TPSA) is 70.6 Å². The molecule has 6 nitrogen and oxygen atoms in total. The molecule has 3 heterocycles. The predicted octanol–water partition coefficient (Wildman–Crippen LogP) is 0.808. The lowest BCUT2D eigenvalue weighted by Crippen LogP contribution is -2.60. The van der Waals surface area contributed by atoms with Crippen LogP contribution in [0.5, 0.6) is 0 Å². The van der Waals surface area contributed by atoms with Crippen molar-refractivity contribution in [1.29, 1.82) is 0 Å². The minimum atomic E-state index is -3.08. The summed E-state index contributed by atoms with van der Waals surface area (Å²) in [5.41, 5.74) is 0.433.